The second-order valence-corrected chi connectivity index (χ2v) is 0. The van der Waals surface area contributed by atoms with Gasteiger partial charge in [-0.2, -0.15) is 0 Å². The molecule has 0 unspecified atom stereocenters. The fraction of sp³-hybridized carbons (Fsp3) is 1.00. The molecule has 0 fully saturated rings. The van der Waals surface area contributed by atoms with Crippen LogP contribution in [0, 0.1) is 0 Å². The van der Waals surface area contributed by atoms with Crippen LogP contribution in [0.3, 0.4) is 0 Å². The molecule has 0 saturated carbocycles. The first-order chi connectivity index (χ1) is 1.00. The van der Waals surface area contributed by atoms with Gasteiger partial charge in [0.05, 0.1) is 0 Å². The van der Waals surface area contributed by atoms with E-state index < -0.39 is 0 Å². The standard InChI is InChI=1S/CH4O.BrH.Co/c1-2;;/h2H,1H3;1H;. The minimum atomic E-state index is 0. The van der Waals surface area contributed by atoms with Gasteiger partial charge in [0.25, 0.3) is 0 Å². The summed E-state index contributed by atoms with van der Waals surface area (Å²) in [6.07, 6.45) is 0. The zero-order valence-corrected chi connectivity index (χ0v) is 4.94. The predicted octanol–water partition coefficient (Wildman–Crippen LogP) is 0.184. The first kappa shape index (κ1) is 20.3. The quantitative estimate of drug-likeness (QED) is 0.552. The van der Waals surface area contributed by atoms with Crippen LogP contribution >= 0.6 is 17.0 Å². The van der Waals surface area contributed by atoms with E-state index in [1.807, 2.05) is 0 Å². The molecule has 3 heteroatoms. The maximum atomic E-state index is 7.00. The van der Waals surface area contributed by atoms with Gasteiger partial charge in [0.15, 0.2) is 0 Å². The molecule has 0 spiro atoms. The molecular weight excluding hydrogens is 167 g/mol. The van der Waals surface area contributed by atoms with Crippen molar-refractivity contribution in [3.8, 4) is 0 Å². The van der Waals surface area contributed by atoms with Crippen LogP contribution < -0.4 is 0 Å². The molecule has 0 aliphatic heterocycles. The van der Waals surface area contributed by atoms with Crippen LogP contribution in [0.1, 0.15) is 0 Å². The molecule has 0 aromatic carbocycles. The van der Waals surface area contributed by atoms with Crippen LogP contribution in [0.5, 0.6) is 0 Å². The second kappa shape index (κ2) is 38.2. The third-order valence-corrected chi connectivity index (χ3v) is 0. The van der Waals surface area contributed by atoms with Crippen LogP contribution in [0.15, 0.2) is 0 Å². The molecule has 0 amide bonds. The second-order valence-electron chi connectivity index (χ2n) is 0. The molecule has 4 heavy (non-hydrogen) atoms. The Labute approximate surface area is 46.4 Å². The maximum absolute atomic E-state index is 7.00. The average Bonchev–Trinajstić information content (AvgIpc) is 1.00. The molecule has 31 valence electrons. The van der Waals surface area contributed by atoms with Gasteiger partial charge >= 0.3 is 0 Å². The van der Waals surface area contributed by atoms with Crippen molar-refractivity contribution >= 4 is 17.0 Å². The minimum absolute atomic E-state index is 0. The van der Waals surface area contributed by atoms with Crippen molar-refractivity contribution in [1.29, 1.82) is 0 Å². The number of halogens is 1. The first-order valence-corrected chi connectivity index (χ1v) is 0.447. The van der Waals surface area contributed by atoms with Gasteiger partial charge < -0.3 is 5.11 Å². The molecule has 0 rings (SSSR count). The van der Waals surface area contributed by atoms with Crippen molar-refractivity contribution in [3.63, 3.8) is 0 Å². The Balaban J connectivity index is -0.00000000500. The summed E-state index contributed by atoms with van der Waals surface area (Å²) in [4.78, 5) is 0. The Morgan fingerprint density at radius 3 is 1.25 bits per heavy atom. The predicted molar refractivity (Wildman–Crippen MR) is 18.5 cm³/mol. The summed E-state index contributed by atoms with van der Waals surface area (Å²) in [7, 11) is 1.00. The number of aliphatic hydroxyl groups is 1. The molecule has 0 bridgehead atoms. The van der Waals surface area contributed by atoms with Crippen molar-refractivity contribution in [2.75, 3.05) is 7.11 Å². The summed E-state index contributed by atoms with van der Waals surface area (Å²) >= 11 is 0. The van der Waals surface area contributed by atoms with Crippen molar-refractivity contribution in [3.05, 3.63) is 0 Å². The van der Waals surface area contributed by atoms with Gasteiger partial charge in [-0.1, -0.05) is 0 Å². The van der Waals surface area contributed by atoms with Crippen LogP contribution in [-0.2, 0) is 16.8 Å². The van der Waals surface area contributed by atoms with Gasteiger partial charge in [-0.25, -0.2) is 0 Å². The fourth-order valence-electron chi connectivity index (χ4n) is 0. The topological polar surface area (TPSA) is 20.2 Å². The van der Waals surface area contributed by atoms with Crippen molar-refractivity contribution in [1.82, 2.24) is 0 Å². The largest absolute Gasteiger partial charge is 0.400 e. The molecule has 1 nitrogen and oxygen atoms in total. The smallest absolute Gasteiger partial charge is 0.0319 e. The molecule has 0 aliphatic carbocycles. The Kier molecular flexibility index (Phi) is 194. The van der Waals surface area contributed by atoms with Gasteiger partial charge in [0.2, 0.25) is 0 Å². The molecule has 0 heterocycles. The molecular formula is CH5BrCoO. The SMILES string of the molecule is Br.CO.[Co]. The van der Waals surface area contributed by atoms with Gasteiger partial charge in [0.1, 0.15) is 0 Å². The summed E-state index contributed by atoms with van der Waals surface area (Å²) < 4.78 is 0. The summed E-state index contributed by atoms with van der Waals surface area (Å²) in [5.41, 5.74) is 0. The van der Waals surface area contributed by atoms with Crippen LogP contribution in [0.4, 0.5) is 0 Å². The Hall–Kier alpha value is 0.946. The van der Waals surface area contributed by atoms with E-state index in [1.54, 1.807) is 0 Å². The van der Waals surface area contributed by atoms with Crippen LogP contribution in [-0.4, -0.2) is 12.2 Å². The summed E-state index contributed by atoms with van der Waals surface area (Å²) in [6.45, 7) is 0. The van der Waals surface area contributed by atoms with Gasteiger partial charge in [-0.15, -0.1) is 17.0 Å². The normalized spacial score (nSPS) is 1.50. The van der Waals surface area contributed by atoms with E-state index in [0.717, 1.165) is 7.11 Å². The van der Waals surface area contributed by atoms with E-state index >= 15 is 0 Å². The van der Waals surface area contributed by atoms with Crippen LogP contribution in [0.2, 0.25) is 0 Å². The summed E-state index contributed by atoms with van der Waals surface area (Å²) in [5.74, 6) is 0. The van der Waals surface area contributed by atoms with Gasteiger partial charge in [0, 0.05) is 23.9 Å². The first-order valence-electron chi connectivity index (χ1n) is 0.447. The van der Waals surface area contributed by atoms with Crippen LogP contribution in [0.25, 0.3) is 0 Å². The van der Waals surface area contributed by atoms with E-state index in [-0.39, 0.29) is 33.8 Å². The fourth-order valence-corrected chi connectivity index (χ4v) is 0. The third kappa shape index (κ3) is 12.5. The van der Waals surface area contributed by atoms with Crippen molar-refractivity contribution < 1.29 is 21.9 Å². The van der Waals surface area contributed by atoms with Gasteiger partial charge in [-0.3, -0.25) is 0 Å². The molecule has 0 atom stereocenters. The molecule has 0 saturated heterocycles. The van der Waals surface area contributed by atoms with E-state index in [2.05, 4.69) is 0 Å². The minimum Gasteiger partial charge on any atom is -0.400 e. The van der Waals surface area contributed by atoms with E-state index in [4.69, 9.17) is 5.11 Å². The number of hydrogen-bond donors (Lipinski definition) is 1. The number of aliphatic hydroxyl groups excluding tert-OH is 1. The monoisotopic (exact) mass is 171 g/mol. The Morgan fingerprint density at radius 1 is 1.25 bits per heavy atom. The van der Waals surface area contributed by atoms with Gasteiger partial charge in [-0.05, 0) is 0 Å². The molecule has 1 N–H and O–H groups in total. The van der Waals surface area contributed by atoms with Crippen molar-refractivity contribution in [2.45, 2.75) is 0 Å². The molecule has 0 aliphatic rings. The number of hydrogen-bond acceptors (Lipinski definition) is 1. The Bertz CT molecular complexity index is 8.00. The summed E-state index contributed by atoms with van der Waals surface area (Å²) in [5, 5.41) is 7.00. The number of rotatable bonds is 0. The average molecular weight is 172 g/mol. The van der Waals surface area contributed by atoms with E-state index in [0.29, 0.717) is 0 Å². The zero-order chi connectivity index (χ0) is 2.00. The zero-order valence-electron chi connectivity index (χ0n) is 2.19. The Morgan fingerprint density at radius 2 is 1.25 bits per heavy atom. The maximum Gasteiger partial charge on any atom is 0.0319 e. The third-order valence-electron chi connectivity index (χ3n) is 0. The van der Waals surface area contributed by atoms with E-state index in [1.165, 1.54) is 0 Å². The summed E-state index contributed by atoms with van der Waals surface area (Å²) in [6, 6.07) is 0. The van der Waals surface area contributed by atoms with Crippen molar-refractivity contribution in [2.24, 2.45) is 0 Å². The van der Waals surface area contributed by atoms with E-state index in [9.17, 15) is 0 Å². The molecule has 0 aromatic rings. The molecule has 1 radical (unpaired) electrons. The molecule has 0 aromatic heterocycles.